The lowest BCUT2D eigenvalue weighted by molar-refractivity contribution is -0.117. The van der Waals surface area contributed by atoms with Crippen molar-refractivity contribution in [2.45, 2.75) is 33.1 Å². The van der Waals surface area contributed by atoms with Crippen LogP contribution in [0.3, 0.4) is 0 Å². The lowest BCUT2D eigenvalue weighted by Crippen LogP contribution is -2.03. The number of esters is 1. The Balaban J connectivity index is 0.000000184. The van der Waals surface area contributed by atoms with Crippen LogP contribution < -0.4 is 0 Å². The van der Waals surface area contributed by atoms with Crippen molar-refractivity contribution in [3.8, 4) is 0 Å². The highest BCUT2D eigenvalue weighted by molar-refractivity contribution is 9.10. The van der Waals surface area contributed by atoms with E-state index in [0.29, 0.717) is 31.2 Å². The van der Waals surface area contributed by atoms with Crippen molar-refractivity contribution < 1.29 is 19.1 Å². The Hall–Kier alpha value is -2.41. The fourth-order valence-corrected chi connectivity index (χ4v) is 3.20. The largest absolute Gasteiger partial charge is 0.465 e. The number of nitrogens with zero attached hydrogens (tertiary/aromatic N) is 2. The third kappa shape index (κ3) is 4.40. The molecule has 2 aromatic rings. The number of ketones is 2. The first-order chi connectivity index (χ1) is 12.0. The van der Waals surface area contributed by atoms with Gasteiger partial charge in [-0.3, -0.25) is 19.6 Å². The minimum absolute atomic E-state index is 0. The van der Waals surface area contributed by atoms with E-state index in [0.717, 1.165) is 27.0 Å². The van der Waals surface area contributed by atoms with Gasteiger partial charge in [0.2, 0.25) is 0 Å². The van der Waals surface area contributed by atoms with Crippen molar-refractivity contribution in [1.82, 2.24) is 9.97 Å². The first-order valence-corrected chi connectivity index (χ1v) is 8.48. The zero-order valence-electron chi connectivity index (χ0n) is 13.5. The number of halogens is 1. The fourth-order valence-electron chi connectivity index (χ4n) is 2.83. The molecule has 0 bridgehead atoms. The summed E-state index contributed by atoms with van der Waals surface area (Å²) in [6, 6.07) is 3.65. The first kappa shape index (κ1) is 19.9. The first-order valence-electron chi connectivity index (χ1n) is 7.69. The van der Waals surface area contributed by atoms with E-state index in [4.69, 9.17) is 0 Å². The molecule has 136 valence electrons. The van der Waals surface area contributed by atoms with Gasteiger partial charge >= 0.3 is 5.97 Å². The van der Waals surface area contributed by atoms with Crippen molar-refractivity contribution in [2.75, 3.05) is 7.11 Å². The summed E-state index contributed by atoms with van der Waals surface area (Å²) in [5.74, 6) is -0.000218. The summed E-state index contributed by atoms with van der Waals surface area (Å²) in [6.45, 7) is 0. The molecule has 0 fully saturated rings. The summed E-state index contributed by atoms with van der Waals surface area (Å²) in [5.41, 5.74) is 4.05. The predicted molar refractivity (Wildman–Crippen MR) is 99.1 cm³/mol. The summed E-state index contributed by atoms with van der Waals surface area (Å²) < 4.78 is 5.51. The van der Waals surface area contributed by atoms with Gasteiger partial charge in [-0.25, -0.2) is 4.79 Å². The number of carbonyl (C=O) groups is 3. The maximum Gasteiger partial charge on any atom is 0.339 e. The number of carbonyl (C=O) groups excluding carboxylic acids is 3. The molecule has 0 unspecified atom stereocenters. The number of rotatable bonds is 1. The average molecular weight is 419 g/mol. The molecule has 0 N–H and O–H groups in total. The van der Waals surface area contributed by atoms with E-state index >= 15 is 0 Å². The van der Waals surface area contributed by atoms with Gasteiger partial charge in [-0.2, -0.15) is 0 Å². The molecule has 0 saturated carbocycles. The Bertz CT molecular complexity index is 880. The summed E-state index contributed by atoms with van der Waals surface area (Å²) >= 11 is 3.31. The van der Waals surface area contributed by atoms with E-state index in [9.17, 15) is 14.4 Å². The van der Waals surface area contributed by atoms with Gasteiger partial charge in [0.05, 0.1) is 24.1 Å². The SMILES string of the molecule is C.COC(=O)c1cnc2c(c1)CC(=O)C2.O=C1Cc2cc(Br)cnc2C1. The molecule has 7 heteroatoms. The van der Waals surface area contributed by atoms with E-state index in [1.807, 2.05) is 6.07 Å². The van der Waals surface area contributed by atoms with Gasteiger partial charge < -0.3 is 4.74 Å². The van der Waals surface area contributed by atoms with Crippen LogP contribution in [0, 0.1) is 0 Å². The highest BCUT2D eigenvalue weighted by atomic mass is 79.9. The van der Waals surface area contributed by atoms with Crippen LogP contribution in [-0.2, 0) is 40.0 Å². The van der Waals surface area contributed by atoms with E-state index in [-0.39, 0.29) is 19.0 Å². The van der Waals surface area contributed by atoms with E-state index < -0.39 is 5.97 Å². The second-order valence-electron chi connectivity index (χ2n) is 5.87. The van der Waals surface area contributed by atoms with Crippen LogP contribution in [0.15, 0.2) is 29.0 Å². The molecule has 2 aromatic heterocycles. The Morgan fingerprint density at radius 1 is 0.962 bits per heavy atom. The molecule has 0 radical (unpaired) electrons. The summed E-state index contributed by atoms with van der Waals surface area (Å²) in [4.78, 5) is 41.4. The predicted octanol–water partition coefficient (Wildman–Crippen LogP) is 2.68. The molecule has 0 spiro atoms. The number of hydrogen-bond donors (Lipinski definition) is 0. The molecule has 6 nitrogen and oxygen atoms in total. The van der Waals surface area contributed by atoms with Crippen LogP contribution in [0.5, 0.6) is 0 Å². The number of Topliss-reactive ketones (excluding diaryl/α,β-unsaturated/α-hetero) is 2. The van der Waals surface area contributed by atoms with Crippen molar-refractivity contribution in [2.24, 2.45) is 0 Å². The zero-order chi connectivity index (χ0) is 18.0. The molecule has 0 saturated heterocycles. The van der Waals surface area contributed by atoms with E-state index in [2.05, 4.69) is 30.6 Å². The minimum Gasteiger partial charge on any atom is -0.465 e. The minimum atomic E-state index is -0.417. The van der Waals surface area contributed by atoms with Crippen LogP contribution >= 0.6 is 15.9 Å². The van der Waals surface area contributed by atoms with Gasteiger partial charge in [-0.15, -0.1) is 0 Å². The maximum atomic E-state index is 11.1. The Morgan fingerprint density at radius 2 is 1.50 bits per heavy atom. The van der Waals surface area contributed by atoms with Crippen molar-refractivity contribution >= 4 is 33.5 Å². The van der Waals surface area contributed by atoms with Gasteiger partial charge in [0.1, 0.15) is 11.6 Å². The van der Waals surface area contributed by atoms with E-state index in [1.54, 1.807) is 12.3 Å². The molecule has 0 atom stereocenters. The third-order valence-corrected chi connectivity index (χ3v) is 4.45. The number of pyridine rings is 2. The second kappa shape index (κ2) is 8.31. The number of aromatic nitrogens is 2. The second-order valence-corrected chi connectivity index (χ2v) is 6.78. The number of ether oxygens (including phenoxy) is 1. The fraction of sp³-hybridized carbons (Fsp3) is 0.316. The van der Waals surface area contributed by atoms with Gasteiger partial charge in [0.15, 0.2) is 0 Å². The molecule has 0 aromatic carbocycles. The van der Waals surface area contributed by atoms with Crippen molar-refractivity contribution in [3.05, 3.63) is 57.1 Å². The van der Waals surface area contributed by atoms with Crippen molar-refractivity contribution in [1.29, 1.82) is 0 Å². The lowest BCUT2D eigenvalue weighted by Gasteiger charge is -2.00. The summed E-state index contributed by atoms with van der Waals surface area (Å²) in [6.07, 6.45) is 5.02. The monoisotopic (exact) mass is 418 g/mol. The van der Waals surface area contributed by atoms with Crippen molar-refractivity contribution in [3.63, 3.8) is 0 Å². The smallest absolute Gasteiger partial charge is 0.339 e. The Labute approximate surface area is 160 Å². The molecule has 26 heavy (non-hydrogen) atoms. The van der Waals surface area contributed by atoms with Gasteiger partial charge in [0, 0.05) is 42.5 Å². The Kier molecular flexibility index (Phi) is 6.37. The summed E-state index contributed by atoms with van der Waals surface area (Å²) in [5, 5.41) is 0. The molecular weight excluding hydrogens is 400 g/mol. The normalized spacial score (nSPS) is 13.9. The Morgan fingerprint density at radius 3 is 2.08 bits per heavy atom. The molecule has 2 aliphatic rings. The number of fused-ring (bicyclic) bond motifs is 2. The van der Waals surface area contributed by atoms with Crippen LogP contribution in [0.1, 0.15) is 40.3 Å². The topological polar surface area (TPSA) is 86.2 Å². The standard InChI is InChI=1S/C10H9NO3.C8H6BrNO.CH4/c1-14-10(13)7-2-6-3-8(12)4-9(6)11-5-7;9-6-1-5-2-7(11)3-8(5)10-4-6;/h2,5H,3-4H2,1H3;1,4H,2-3H2;1H4. The quantitative estimate of drug-likeness (QED) is 0.661. The number of hydrogen-bond acceptors (Lipinski definition) is 6. The summed E-state index contributed by atoms with van der Waals surface area (Å²) in [7, 11) is 1.32. The van der Waals surface area contributed by atoms with Gasteiger partial charge in [-0.05, 0) is 39.2 Å². The van der Waals surface area contributed by atoms with Crippen LogP contribution in [0.2, 0.25) is 0 Å². The molecule has 4 rings (SSSR count). The lowest BCUT2D eigenvalue weighted by atomic mass is 10.1. The molecule has 2 heterocycles. The molecule has 0 amide bonds. The maximum absolute atomic E-state index is 11.1. The van der Waals surface area contributed by atoms with Crippen LogP contribution in [0.4, 0.5) is 0 Å². The molecule has 0 aliphatic heterocycles. The van der Waals surface area contributed by atoms with Gasteiger partial charge in [-0.1, -0.05) is 7.43 Å². The van der Waals surface area contributed by atoms with E-state index in [1.165, 1.54) is 13.3 Å². The number of methoxy groups -OCH3 is 1. The van der Waals surface area contributed by atoms with Crippen LogP contribution in [0.25, 0.3) is 0 Å². The molecule has 2 aliphatic carbocycles. The van der Waals surface area contributed by atoms with Gasteiger partial charge in [0.25, 0.3) is 0 Å². The average Bonchev–Trinajstić information content (AvgIpc) is 3.13. The van der Waals surface area contributed by atoms with Crippen LogP contribution in [-0.4, -0.2) is 34.6 Å². The molecular formula is C19H19BrN2O4. The zero-order valence-corrected chi connectivity index (χ0v) is 15.1. The highest BCUT2D eigenvalue weighted by Gasteiger charge is 2.21. The highest BCUT2D eigenvalue weighted by Crippen LogP contribution is 2.20. The third-order valence-electron chi connectivity index (χ3n) is 4.01.